The van der Waals surface area contributed by atoms with Gasteiger partial charge in [0.15, 0.2) is 17.3 Å². The summed E-state index contributed by atoms with van der Waals surface area (Å²) in [5, 5.41) is 2.76. The predicted molar refractivity (Wildman–Crippen MR) is 100 cm³/mol. The fraction of sp³-hybridized carbons (Fsp3) is 0.421. The zero-order valence-electron chi connectivity index (χ0n) is 15.6. The SMILES string of the molecule is Cc1oc(C(=O)NCCc2ccc3c(c2)OCO3)cc1S(=O)(=O)N1CCCC1. The molecule has 3 heterocycles. The average molecular weight is 406 g/mol. The van der Waals surface area contributed by atoms with Crippen LogP contribution in [0.2, 0.25) is 0 Å². The van der Waals surface area contributed by atoms with Gasteiger partial charge in [0.25, 0.3) is 5.91 Å². The van der Waals surface area contributed by atoms with E-state index in [9.17, 15) is 13.2 Å². The largest absolute Gasteiger partial charge is 0.455 e. The number of aryl methyl sites for hydroxylation is 1. The van der Waals surface area contributed by atoms with Crippen LogP contribution >= 0.6 is 0 Å². The van der Waals surface area contributed by atoms with E-state index >= 15 is 0 Å². The molecule has 2 aliphatic heterocycles. The molecule has 2 aromatic rings. The van der Waals surface area contributed by atoms with Crippen molar-refractivity contribution in [2.75, 3.05) is 26.4 Å². The van der Waals surface area contributed by atoms with Crippen molar-refractivity contribution < 1.29 is 27.1 Å². The normalized spacial score (nSPS) is 16.5. The van der Waals surface area contributed by atoms with Gasteiger partial charge in [0.1, 0.15) is 10.7 Å². The van der Waals surface area contributed by atoms with Crippen molar-refractivity contribution >= 4 is 15.9 Å². The van der Waals surface area contributed by atoms with Crippen LogP contribution in [0.15, 0.2) is 33.6 Å². The van der Waals surface area contributed by atoms with Gasteiger partial charge in [-0.1, -0.05) is 6.07 Å². The van der Waals surface area contributed by atoms with Crippen molar-refractivity contribution in [1.29, 1.82) is 0 Å². The second-order valence-electron chi connectivity index (χ2n) is 6.84. The molecule has 9 heteroatoms. The minimum Gasteiger partial charge on any atom is -0.455 e. The molecule has 1 amide bonds. The van der Waals surface area contributed by atoms with Gasteiger partial charge in [-0.25, -0.2) is 8.42 Å². The van der Waals surface area contributed by atoms with E-state index in [0.717, 1.165) is 18.4 Å². The lowest BCUT2D eigenvalue weighted by atomic mass is 10.1. The molecular weight excluding hydrogens is 384 g/mol. The monoisotopic (exact) mass is 406 g/mol. The van der Waals surface area contributed by atoms with Crippen molar-refractivity contribution in [3.8, 4) is 11.5 Å². The second-order valence-corrected chi connectivity index (χ2v) is 8.74. The molecule has 28 heavy (non-hydrogen) atoms. The number of ether oxygens (including phenoxy) is 2. The van der Waals surface area contributed by atoms with Gasteiger partial charge in [-0.3, -0.25) is 4.79 Å². The highest BCUT2D eigenvalue weighted by molar-refractivity contribution is 7.89. The standard InChI is InChI=1S/C19H22N2O6S/c1-13-18(28(23,24)21-8-2-3-9-21)11-17(27-13)19(22)20-7-6-14-4-5-15-16(10-14)26-12-25-15/h4-5,10-11H,2-3,6-9,12H2,1H3,(H,20,22). The molecule has 0 spiro atoms. The number of hydrogen-bond acceptors (Lipinski definition) is 6. The molecule has 0 aliphatic carbocycles. The Bertz CT molecular complexity index is 992. The Balaban J connectivity index is 1.39. The molecule has 1 N–H and O–H groups in total. The number of benzene rings is 1. The topological polar surface area (TPSA) is 98.1 Å². The first-order valence-electron chi connectivity index (χ1n) is 9.22. The molecular formula is C19H22N2O6S. The molecule has 150 valence electrons. The van der Waals surface area contributed by atoms with Gasteiger partial charge in [0.2, 0.25) is 16.8 Å². The number of nitrogens with zero attached hydrogens (tertiary/aromatic N) is 1. The number of furan rings is 1. The first-order chi connectivity index (χ1) is 13.4. The van der Waals surface area contributed by atoms with Gasteiger partial charge >= 0.3 is 0 Å². The molecule has 0 saturated carbocycles. The number of fused-ring (bicyclic) bond motifs is 1. The van der Waals surface area contributed by atoms with E-state index in [4.69, 9.17) is 13.9 Å². The summed E-state index contributed by atoms with van der Waals surface area (Å²) in [6.45, 7) is 3.17. The van der Waals surface area contributed by atoms with Crippen LogP contribution in [0.5, 0.6) is 11.5 Å². The van der Waals surface area contributed by atoms with Crippen molar-refractivity contribution in [3.63, 3.8) is 0 Å². The summed E-state index contributed by atoms with van der Waals surface area (Å²) in [6.07, 6.45) is 2.30. The quantitative estimate of drug-likeness (QED) is 0.789. The molecule has 1 aromatic heterocycles. The molecule has 2 aliphatic rings. The van der Waals surface area contributed by atoms with Crippen LogP contribution in [-0.4, -0.2) is 45.1 Å². The Morgan fingerprint density at radius 3 is 2.68 bits per heavy atom. The zero-order valence-corrected chi connectivity index (χ0v) is 16.4. The van der Waals surface area contributed by atoms with Crippen molar-refractivity contribution in [2.45, 2.75) is 31.1 Å². The number of sulfonamides is 1. The van der Waals surface area contributed by atoms with Crippen LogP contribution in [0.3, 0.4) is 0 Å². The zero-order chi connectivity index (χ0) is 19.7. The van der Waals surface area contributed by atoms with Crippen LogP contribution in [0, 0.1) is 6.92 Å². The number of carbonyl (C=O) groups excluding carboxylic acids is 1. The number of nitrogens with one attached hydrogen (secondary N) is 1. The number of amides is 1. The van der Waals surface area contributed by atoms with Gasteiger partial charge in [-0.2, -0.15) is 4.31 Å². The first-order valence-corrected chi connectivity index (χ1v) is 10.7. The Morgan fingerprint density at radius 1 is 1.14 bits per heavy atom. The summed E-state index contributed by atoms with van der Waals surface area (Å²) in [5.74, 6) is 1.20. The van der Waals surface area contributed by atoms with Gasteiger partial charge in [0, 0.05) is 25.7 Å². The molecule has 1 aromatic carbocycles. The van der Waals surface area contributed by atoms with Crippen LogP contribution < -0.4 is 14.8 Å². The molecule has 4 rings (SSSR count). The predicted octanol–water partition coefficient (Wildman–Crippen LogP) is 2.07. The summed E-state index contributed by atoms with van der Waals surface area (Å²) in [4.78, 5) is 12.4. The maximum absolute atomic E-state index is 12.7. The maximum Gasteiger partial charge on any atom is 0.287 e. The molecule has 1 saturated heterocycles. The number of hydrogen-bond donors (Lipinski definition) is 1. The van der Waals surface area contributed by atoms with Crippen molar-refractivity contribution in [2.24, 2.45) is 0 Å². The maximum atomic E-state index is 12.7. The first kappa shape index (κ1) is 18.8. The summed E-state index contributed by atoms with van der Waals surface area (Å²) in [6, 6.07) is 6.95. The van der Waals surface area contributed by atoms with E-state index in [0.29, 0.717) is 37.6 Å². The van der Waals surface area contributed by atoms with Crippen LogP contribution in [0.4, 0.5) is 0 Å². The van der Waals surface area contributed by atoms with E-state index in [2.05, 4.69) is 5.32 Å². The second kappa shape index (κ2) is 7.48. The third kappa shape index (κ3) is 3.59. The fourth-order valence-electron chi connectivity index (χ4n) is 3.40. The molecule has 0 bridgehead atoms. The van der Waals surface area contributed by atoms with Crippen LogP contribution in [0.1, 0.15) is 34.7 Å². The van der Waals surface area contributed by atoms with Gasteiger partial charge in [-0.05, 0) is 43.9 Å². The highest BCUT2D eigenvalue weighted by Gasteiger charge is 2.31. The Kier molecular flexibility index (Phi) is 5.03. The minimum absolute atomic E-state index is 0.000888. The van der Waals surface area contributed by atoms with Gasteiger partial charge in [0.05, 0.1) is 0 Å². The van der Waals surface area contributed by atoms with Crippen molar-refractivity contribution in [1.82, 2.24) is 9.62 Å². The van der Waals surface area contributed by atoms with E-state index in [1.54, 1.807) is 6.92 Å². The van der Waals surface area contributed by atoms with E-state index in [1.165, 1.54) is 10.4 Å². The summed E-state index contributed by atoms with van der Waals surface area (Å²) >= 11 is 0. The summed E-state index contributed by atoms with van der Waals surface area (Å²) < 4.78 is 42.9. The number of carbonyl (C=O) groups is 1. The third-order valence-electron chi connectivity index (χ3n) is 4.92. The summed E-state index contributed by atoms with van der Waals surface area (Å²) in [5.41, 5.74) is 0.998. The minimum atomic E-state index is -3.62. The molecule has 0 unspecified atom stereocenters. The lowest BCUT2D eigenvalue weighted by Crippen LogP contribution is -2.28. The Morgan fingerprint density at radius 2 is 1.89 bits per heavy atom. The summed E-state index contributed by atoms with van der Waals surface area (Å²) in [7, 11) is -3.62. The van der Waals surface area contributed by atoms with E-state index in [-0.39, 0.29) is 23.2 Å². The van der Waals surface area contributed by atoms with E-state index in [1.807, 2.05) is 18.2 Å². The number of rotatable bonds is 6. The molecule has 0 atom stereocenters. The third-order valence-corrected chi connectivity index (χ3v) is 6.92. The fourth-order valence-corrected chi connectivity index (χ4v) is 5.08. The lowest BCUT2D eigenvalue weighted by Gasteiger charge is -2.14. The Labute approximate surface area is 163 Å². The van der Waals surface area contributed by atoms with Crippen LogP contribution in [0.25, 0.3) is 0 Å². The molecule has 1 fully saturated rings. The average Bonchev–Trinajstić information content (AvgIpc) is 3.41. The highest BCUT2D eigenvalue weighted by Crippen LogP contribution is 2.32. The lowest BCUT2D eigenvalue weighted by molar-refractivity contribution is 0.0925. The van der Waals surface area contributed by atoms with Gasteiger partial charge in [-0.15, -0.1) is 0 Å². The van der Waals surface area contributed by atoms with Gasteiger partial charge < -0.3 is 19.2 Å². The van der Waals surface area contributed by atoms with Crippen LogP contribution in [-0.2, 0) is 16.4 Å². The van der Waals surface area contributed by atoms with Crippen molar-refractivity contribution in [3.05, 3.63) is 41.3 Å². The Hall–Kier alpha value is -2.52. The highest BCUT2D eigenvalue weighted by atomic mass is 32.2. The molecule has 0 radical (unpaired) electrons. The smallest absolute Gasteiger partial charge is 0.287 e. The van der Waals surface area contributed by atoms with E-state index < -0.39 is 15.9 Å². The molecule has 8 nitrogen and oxygen atoms in total.